The molecule has 0 fully saturated rings. The van der Waals surface area contributed by atoms with Gasteiger partial charge in [0.1, 0.15) is 11.2 Å². The minimum atomic E-state index is -1.20. The summed E-state index contributed by atoms with van der Waals surface area (Å²) in [7, 11) is 0. The van der Waals surface area contributed by atoms with E-state index in [4.69, 9.17) is 22.1 Å². The van der Waals surface area contributed by atoms with E-state index < -0.39 is 16.3 Å². The third-order valence-electron chi connectivity index (χ3n) is 4.08. The highest BCUT2D eigenvalue weighted by Crippen LogP contribution is 2.20. The molecule has 33 heavy (non-hydrogen) atoms. The highest BCUT2D eigenvalue weighted by molar-refractivity contribution is 9.10. The Morgan fingerprint density at radius 1 is 1.33 bits per heavy atom. The van der Waals surface area contributed by atoms with Crippen molar-refractivity contribution in [2.45, 2.75) is 27.2 Å². The standard InChI is InChI=1S/C14H20BrClN4O3.C6H6N2O2/c1-4-23-12(22)14(2,3)11(21)18-7-5-6-17-10-9(15)8-19-13(16)20-10;7-5-2-1-3-6(4-5)8(9)10/h8H,4-7H2,1-3H3,(H,18,21)(H,17,19,20);1-4H,7H2. The molecular weight excluding hydrogens is 520 g/mol. The molecule has 0 saturated heterocycles. The van der Waals surface area contributed by atoms with Crippen molar-refractivity contribution in [3.05, 3.63) is 50.3 Å². The number of nitro benzene ring substituents is 1. The van der Waals surface area contributed by atoms with Crippen LogP contribution in [0, 0.1) is 15.5 Å². The maximum atomic E-state index is 12.0. The molecule has 180 valence electrons. The number of halogens is 2. The smallest absolute Gasteiger partial charge is 0.321 e. The largest absolute Gasteiger partial charge is 0.465 e. The number of esters is 1. The second-order valence-corrected chi connectivity index (χ2v) is 8.26. The molecule has 1 aromatic carbocycles. The Bertz CT molecular complexity index is 976. The Morgan fingerprint density at radius 2 is 2.03 bits per heavy atom. The van der Waals surface area contributed by atoms with Gasteiger partial charge in [0.25, 0.3) is 5.69 Å². The molecule has 0 radical (unpaired) electrons. The van der Waals surface area contributed by atoms with Gasteiger partial charge in [0.2, 0.25) is 11.2 Å². The molecule has 1 heterocycles. The van der Waals surface area contributed by atoms with E-state index in [1.807, 2.05) is 0 Å². The van der Waals surface area contributed by atoms with Crippen molar-refractivity contribution in [3.63, 3.8) is 0 Å². The number of ether oxygens (including phenoxy) is 1. The highest BCUT2D eigenvalue weighted by Gasteiger charge is 2.37. The molecule has 2 rings (SSSR count). The fourth-order valence-electron chi connectivity index (χ4n) is 2.23. The van der Waals surface area contributed by atoms with Crippen LogP contribution in [0.15, 0.2) is 34.9 Å². The number of nitro groups is 1. The molecule has 0 atom stereocenters. The van der Waals surface area contributed by atoms with Crippen molar-refractivity contribution in [1.82, 2.24) is 15.3 Å². The Morgan fingerprint density at radius 3 is 2.61 bits per heavy atom. The molecule has 0 aliphatic heterocycles. The zero-order valence-electron chi connectivity index (χ0n) is 18.4. The number of hydrogen-bond donors (Lipinski definition) is 3. The number of nitrogen functional groups attached to an aromatic ring is 1. The van der Waals surface area contributed by atoms with Gasteiger partial charge in [-0.1, -0.05) is 6.07 Å². The van der Waals surface area contributed by atoms with Crippen LogP contribution in [0.1, 0.15) is 27.2 Å². The maximum absolute atomic E-state index is 12.0. The van der Waals surface area contributed by atoms with E-state index in [2.05, 4.69) is 36.5 Å². The number of benzene rings is 1. The van der Waals surface area contributed by atoms with Crippen LogP contribution in [0.4, 0.5) is 17.2 Å². The molecule has 4 N–H and O–H groups in total. The average Bonchev–Trinajstić information content (AvgIpc) is 2.76. The number of aromatic nitrogens is 2. The summed E-state index contributed by atoms with van der Waals surface area (Å²) < 4.78 is 5.60. The van der Waals surface area contributed by atoms with Gasteiger partial charge >= 0.3 is 5.97 Å². The first-order valence-corrected chi connectivity index (χ1v) is 11.0. The zero-order chi connectivity index (χ0) is 25.0. The molecule has 2 aromatic rings. The second-order valence-electron chi connectivity index (χ2n) is 7.07. The molecule has 11 nitrogen and oxygen atoms in total. The molecule has 0 bridgehead atoms. The van der Waals surface area contributed by atoms with Gasteiger partial charge in [-0.25, -0.2) is 4.98 Å². The summed E-state index contributed by atoms with van der Waals surface area (Å²) in [5.41, 5.74) is 4.53. The lowest BCUT2D eigenvalue weighted by Crippen LogP contribution is -2.43. The van der Waals surface area contributed by atoms with Crippen molar-refractivity contribution < 1.29 is 19.2 Å². The number of nitrogens with zero attached hydrogens (tertiary/aromatic N) is 3. The van der Waals surface area contributed by atoms with Crippen LogP contribution in [-0.4, -0.2) is 46.5 Å². The molecule has 0 aliphatic rings. The number of hydrogen-bond acceptors (Lipinski definition) is 9. The van der Waals surface area contributed by atoms with E-state index in [1.54, 1.807) is 39.1 Å². The van der Waals surface area contributed by atoms with Gasteiger partial charge in [0.15, 0.2) is 0 Å². The summed E-state index contributed by atoms with van der Waals surface area (Å²) in [4.78, 5) is 41.3. The Labute approximate surface area is 204 Å². The third-order valence-corrected chi connectivity index (χ3v) is 4.84. The van der Waals surface area contributed by atoms with Crippen molar-refractivity contribution >= 4 is 56.6 Å². The Kier molecular flexibility index (Phi) is 11.5. The highest BCUT2D eigenvalue weighted by atomic mass is 79.9. The van der Waals surface area contributed by atoms with Gasteiger partial charge in [0, 0.05) is 37.1 Å². The molecule has 1 aromatic heterocycles. The van der Waals surface area contributed by atoms with Gasteiger partial charge in [-0.2, -0.15) is 4.98 Å². The van der Waals surface area contributed by atoms with E-state index in [9.17, 15) is 19.7 Å². The summed E-state index contributed by atoms with van der Waals surface area (Å²) in [5, 5.41) is 16.1. The molecule has 1 amide bonds. The maximum Gasteiger partial charge on any atom is 0.321 e. The molecule has 0 saturated carbocycles. The lowest BCUT2D eigenvalue weighted by Gasteiger charge is -2.21. The SMILES string of the molecule is CCOC(=O)C(C)(C)C(=O)NCCCNc1nc(Cl)ncc1Br.Nc1cccc([N+](=O)[O-])c1. The zero-order valence-corrected chi connectivity index (χ0v) is 20.8. The van der Waals surface area contributed by atoms with E-state index in [-0.39, 0.29) is 23.5 Å². The molecule has 0 aliphatic carbocycles. The monoisotopic (exact) mass is 544 g/mol. The molecule has 13 heteroatoms. The number of carbonyl (C=O) groups excluding carboxylic acids is 2. The summed E-state index contributed by atoms with van der Waals surface area (Å²) >= 11 is 9.03. The predicted octanol–water partition coefficient (Wildman–Crippen LogP) is 3.58. The third kappa shape index (κ3) is 9.58. The molecule has 0 unspecified atom stereocenters. The Balaban J connectivity index is 0.000000451. The number of amides is 1. The van der Waals surface area contributed by atoms with Crippen LogP contribution in [-0.2, 0) is 14.3 Å². The Hall–Kier alpha value is -2.99. The summed E-state index contributed by atoms with van der Waals surface area (Å²) in [6, 6.07) is 5.87. The van der Waals surface area contributed by atoms with Gasteiger partial charge in [-0.15, -0.1) is 0 Å². The van der Waals surface area contributed by atoms with Crippen LogP contribution in [0.3, 0.4) is 0 Å². The summed E-state index contributed by atoms with van der Waals surface area (Å²) in [6.45, 7) is 6.03. The quantitative estimate of drug-likeness (QED) is 0.0813. The number of carbonyl (C=O) groups is 2. The molecular formula is C20H26BrClN6O5. The second kappa shape index (κ2) is 13.5. The van der Waals surface area contributed by atoms with Crippen LogP contribution < -0.4 is 16.4 Å². The number of nitrogens with one attached hydrogen (secondary N) is 2. The van der Waals surface area contributed by atoms with E-state index in [0.717, 1.165) is 0 Å². The lowest BCUT2D eigenvalue weighted by atomic mass is 9.92. The predicted molar refractivity (Wildman–Crippen MR) is 129 cm³/mol. The van der Waals surface area contributed by atoms with Crippen LogP contribution >= 0.6 is 27.5 Å². The topological polar surface area (TPSA) is 162 Å². The lowest BCUT2D eigenvalue weighted by molar-refractivity contribution is -0.384. The van der Waals surface area contributed by atoms with Crippen LogP contribution in [0.25, 0.3) is 0 Å². The number of anilines is 2. The van der Waals surface area contributed by atoms with Gasteiger partial charge in [0.05, 0.1) is 16.0 Å². The first-order valence-electron chi connectivity index (χ1n) is 9.86. The molecule has 0 spiro atoms. The first kappa shape index (κ1) is 28.0. The number of nitrogens with two attached hydrogens (primary N) is 1. The van der Waals surface area contributed by atoms with Gasteiger partial charge in [-0.05, 0) is 60.8 Å². The van der Waals surface area contributed by atoms with E-state index >= 15 is 0 Å². The number of rotatable bonds is 9. The number of non-ortho nitro benzene ring substituents is 1. The van der Waals surface area contributed by atoms with Gasteiger partial charge < -0.3 is 21.1 Å². The van der Waals surface area contributed by atoms with E-state index in [1.165, 1.54) is 12.1 Å². The van der Waals surface area contributed by atoms with Crippen LogP contribution in [0.5, 0.6) is 0 Å². The van der Waals surface area contributed by atoms with Gasteiger partial charge in [-0.3, -0.25) is 19.7 Å². The van der Waals surface area contributed by atoms with E-state index in [0.29, 0.717) is 35.5 Å². The first-order chi connectivity index (χ1) is 15.5. The minimum Gasteiger partial charge on any atom is -0.465 e. The van der Waals surface area contributed by atoms with Crippen molar-refractivity contribution in [2.24, 2.45) is 5.41 Å². The fraction of sp³-hybridized carbons (Fsp3) is 0.400. The normalized spacial score (nSPS) is 10.5. The minimum absolute atomic E-state index is 0.0278. The average molecular weight is 546 g/mol. The van der Waals surface area contributed by atoms with Crippen molar-refractivity contribution in [3.8, 4) is 0 Å². The van der Waals surface area contributed by atoms with Crippen molar-refractivity contribution in [1.29, 1.82) is 0 Å². The summed E-state index contributed by atoms with van der Waals surface area (Å²) in [6.07, 6.45) is 2.21. The van der Waals surface area contributed by atoms with Crippen LogP contribution in [0.2, 0.25) is 5.28 Å². The van der Waals surface area contributed by atoms with Crippen molar-refractivity contribution in [2.75, 3.05) is 30.7 Å². The fourth-order valence-corrected chi connectivity index (χ4v) is 2.69. The summed E-state index contributed by atoms with van der Waals surface area (Å²) in [5.74, 6) is -0.305.